The fraction of sp³-hybridized carbons (Fsp3) is 0.350. The van der Waals surface area contributed by atoms with Gasteiger partial charge in [-0.1, -0.05) is 11.3 Å². The average Bonchev–Trinajstić information content (AvgIpc) is 3.26. The zero-order chi connectivity index (χ0) is 23.5. The molecule has 1 fully saturated rings. The molecule has 1 aliphatic rings. The van der Waals surface area contributed by atoms with E-state index in [0.29, 0.717) is 23.2 Å². The average molecular weight is 477 g/mol. The molecule has 33 heavy (non-hydrogen) atoms. The number of rotatable bonds is 6. The Morgan fingerprint density at radius 1 is 1.36 bits per heavy atom. The van der Waals surface area contributed by atoms with Gasteiger partial charge in [0, 0.05) is 32.7 Å². The summed E-state index contributed by atoms with van der Waals surface area (Å²) in [5.41, 5.74) is 5.90. The van der Waals surface area contributed by atoms with Crippen LogP contribution in [0.3, 0.4) is 0 Å². The summed E-state index contributed by atoms with van der Waals surface area (Å²) >= 11 is 1.17. The van der Waals surface area contributed by atoms with E-state index in [2.05, 4.69) is 19.9 Å². The lowest BCUT2D eigenvalue weighted by molar-refractivity contribution is 0.0242. The van der Waals surface area contributed by atoms with Gasteiger partial charge in [-0.25, -0.2) is 13.8 Å². The molecule has 0 aliphatic carbocycles. The molecule has 3 aromatic rings. The topological polar surface area (TPSA) is 120 Å². The number of carbonyl (C=O) groups is 1. The molecule has 4 rings (SSSR count). The molecule has 2 N–H and O–H groups in total. The predicted octanol–water partition coefficient (Wildman–Crippen LogP) is 2.39. The van der Waals surface area contributed by atoms with E-state index in [9.17, 15) is 13.6 Å². The fourth-order valence-corrected chi connectivity index (χ4v) is 3.72. The monoisotopic (exact) mass is 477 g/mol. The van der Waals surface area contributed by atoms with Crippen molar-refractivity contribution >= 4 is 28.3 Å². The first kappa shape index (κ1) is 22.7. The number of nitrogen functional groups attached to an aromatic ring is 1. The number of halogens is 2. The summed E-state index contributed by atoms with van der Waals surface area (Å²) in [7, 11) is 3.15. The number of anilines is 2. The summed E-state index contributed by atoms with van der Waals surface area (Å²) < 4.78 is 38.8. The molecule has 0 radical (unpaired) electrons. The standard InChI is InChI=1S/C20H21F2N7O3S/c1-28(2)17(30)11-3-4-14(13(22)7-11)32-20-26-16(15-9-24-18(23)33-15)25-19(27-20)29-5-6-31-12(8-21)10-29/h3-4,7,9,12H,5-6,8,10H2,1-2H3,(H2,23,24). The molecule has 1 unspecified atom stereocenters. The van der Waals surface area contributed by atoms with Gasteiger partial charge in [0.1, 0.15) is 12.8 Å². The van der Waals surface area contributed by atoms with E-state index < -0.39 is 18.6 Å². The Hall–Kier alpha value is -3.45. The molecule has 0 spiro atoms. The first-order valence-corrected chi connectivity index (χ1v) is 10.7. The SMILES string of the molecule is CN(C)C(=O)c1ccc(Oc2nc(-c3cnc(N)s3)nc(N3CCOC(CF)C3)n2)c(F)c1. The highest BCUT2D eigenvalue weighted by atomic mass is 32.1. The molecule has 1 saturated heterocycles. The number of benzene rings is 1. The van der Waals surface area contributed by atoms with Crippen LogP contribution < -0.4 is 15.4 Å². The second kappa shape index (κ2) is 9.58. The maximum atomic E-state index is 14.7. The van der Waals surface area contributed by atoms with E-state index in [-0.39, 0.29) is 41.5 Å². The minimum atomic E-state index is -0.753. The van der Waals surface area contributed by atoms with Gasteiger partial charge in [0.2, 0.25) is 5.95 Å². The van der Waals surface area contributed by atoms with Crippen molar-refractivity contribution in [1.82, 2.24) is 24.8 Å². The van der Waals surface area contributed by atoms with Crippen molar-refractivity contribution in [3.63, 3.8) is 0 Å². The first-order valence-electron chi connectivity index (χ1n) is 9.93. The highest BCUT2D eigenvalue weighted by Gasteiger charge is 2.25. The third kappa shape index (κ3) is 5.14. The summed E-state index contributed by atoms with van der Waals surface area (Å²) in [6, 6.07) is 3.68. The molecular formula is C20H21F2N7O3S. The lowest BCUT2D eigenvalue weighted by Gasteiger charge is -2.31. The summed E-state index contributed by atoms with van der Waals surface area (Å²) in [6.45, 7) is 0.321. The van der Waals surface area contributed by atoms with Crippen LogP contribution in [0.4, 0.5) is 19.9 Å². The van der Waals surface area contributed by atoms with Gasteiger partial charge in [-0.15, -0.1) is 0 Å². The van der Waals surface area contributed by atoms with Crippen LogP contribution in [-0.4, -0.2) is 77.3 Å². The smallest absolute Gasteiger partial charge is 0.327 e. The van der Waals surface area contributed by atoms with E-state index >= 15 is 0 Å². The molecule has 1 aliphatic heterocycles. The van der Waals surface area contributed by atoms with Crippen molar-refractivity contribution in [2.24, 2.45) is 0 Å². The fourth-order valence-electron chi connectivity index (χ4n) is 3.10. The van der Waals surface area contributed by atoms with Gasteiger partial charge in [0.15, 0.2) is 22.5 Å². The van der Waals surface area contributed by atoms with E-state index in [0.717, 1.165) is 6.07 Å². The molecule has 1 amide bonds. The maximum absolute atomic E-state index is 14.7. The molecular weight excluding hydrogens is 456 g/mol. The highest BCUT2D eigenvalue weighted by molar-refractivity contribution is 7.18. The molecule has 0 bridgehead atoms. The van der Waals surface area contributed by atoms with Crippen molar-refractivity contribution in [3.05, 3.63) is 35.8 Å². The molecule has 0 saturated carbocycles. The second-order valence-electron chi connectivity index (χ2n) is 7.34. The normalized spacial score (nSPS) is 16.0. The third-order valence-corrected chi connectivity index (χ3v) is 5.55. The minimum Gasteiger partial charge on any atom is -0.421 e. The Kier molecular flexibility index (Phi) is 6.60. The lowest BCUT2D eigenvalue weighted by Crippen LogP contribution is -2.44. The van der Waals surface area contributed by atoms with Gasteiger partial charge in [-0.05, 0) is 18.2 Å². The van der Waals surface area contributed by atoms with Gasteiger partial charge >= 0.3 is 6.01 Å². The van der Waals surface area contributed by atoms with Gasteiger partial charge in [-0.2, -0.15) is 15.0 Å². The summed E-state index contributed by atoms with van der Waals surface area (Å²) in [6.07, 6.45) is 0.899. The Balaban J connectivity index is 1.68. The number of ether oxygens (including phenoxy) is 2. The number of amides is 1. The van der Waals surface area contributed by atoms with Crippen molar-refractivity contribution in [1.29, 1.82) is 0 Å². The second-order valence-corrected chi connectivity index (χ2v) is 8.41. The van der Waals surface area contributed by atoms with Crippen LogP contribution in [0.2, 0.25) is 0 Å². The molecule has 1 atom stereocenters. The number of alkyl halides is 1. The van der Waals surface area contributed by atoms with Crippen LogP contribution in [0.1, 0.15) is 10.4 Å². The van der Waals surface area contributed by atoms with Gasteiger partial charge < -0.3 is 25.0 Å². The Morgan fingerprint density at radius 2 is 2.18 bits per heavy atom. The quantitative estimate of drug-likeness (QED) is 0.571. The van der Waals surface area contributed by atoms with Crippen LogP contribution in [0.15, 0.2) is 24.4 Å². The van der Waals surface area contributed by atoms with Gasteiger partial charge in [0.25, 0.3) is 5.91 Å². The summed E-state index contributed by atoms with van der Waals surface area (Å²) in [4.78, 5) is 32.7. The predicted molar refractivity (Wildman–Crippen MR) is 118 cm³/mol. The summed E-state index contributed by atoms with van der Waals surface area (Å²) in [5, 5.41) is 0.325. The van der Waals surface area contributed by atoms with Crippen molar-refractivity contribution in [3.8, 4) is 22.5 Å². The molecule has 10 nitrogen and oxygen atoms in total. The molecule has 1 aromatic carbocycles. The molecule has 2 aromatic heterocycles. The Labute approximate surface area is 192 Å². The number of morpholine rings is 1. The van der Waals surface area contributed by atoms with Crippen molar-refractivity contribution < 1.29 is 23.0 Å². The zero-order valence-electron chi connectivity index (χ0n) is 17.9. The molecule has 13 heteroatoms. The van der Waals surface area contributed by atoms with Crippen LogP contribution in [0, 0.1) is 5.82 Å². The van der Waals surface area contributed by atoms with Gasteiger partial charge in [-0.3, -0.25) is 4.79 Å². The minimum absolute atomic E-state index is 0.166. The van der Waals surface area contributed by atoms with Crippen LogP contribution in [0.5, 0.6) is 11.8 Å². The Morgan fingerprint density at radius 3 is 2.85 bits per heavy atom. The van der Waals surface area contributed by atoms with E-state index in [1.165, 1.54) is 34.6 Å². The zero-order valence-corrected chi connectivity index (χ0v) is 18.7. The van der Waals surface area contributed by atoms with Crippen molar-refractivity contribution in [2.45, 2.75) is 6.10 Å². The largest absolute Gasteiger partial charge is 0.421 e. The van der Waals surface area contributed by atoms with E-state index in [4.69, 9.17) is 15.2 Å². The number of carbonyl (C=O) groups excluding carboxylic acids is 1. The van der Waals surface area contributed by atoms with Crippen molar-refractivity contribution in [2.75, 3.05) is 51.1 Å². The number of nitrogens with zero attached hydrogens (tertiary/aromatic N) is 6. The van der Waals surface area contributed by atoms with Crippen LogP contribution in [0.25, 0.3) is 10.7 Å². The number of aromatic nitrogens is 4. The highest BCUT2D eigenvalue weighted by Crippen LogP contribution is 2.30. The Bertz CT molecular complexity index is 1160. The first-order chi connectivity index (χ1) is 15.8. The molecule has 174 valence electrons. The number of nitrogens with two attached hydrogens (primary N) is 1. The van der Waals surface area contributed by atoms with Crippen LogP contribution in [-0.2, 0) is 4.74 Å². The summed E-state index contributed by atoms with van der Waals surface area (Å²) in [5.74, 6) is -0.809. The number of hydrogen-bond acceptors (Lipinski definition) is 10. The molecule has 3 heterocycles. The van der Waals surface area contributed by atoms with E-state index in [1.54, 1.807) is 19.0 Å². The number of thiazole rings is 1. The lowest BCUT2D eigenvalue weighted by atomic mass is 10.2. The third-order valence-electron chi connectivity index (χ3n) is 4.73. The van der Waals surface area contributed by atoms with E-state index in [1.807, 2.05) is 0 Å². The number of hydrogen-bond donors (Lipinski definition) is 1. The maximum Gasteiger partial charge on any atom is 0.327 e. The van der Waals surface area contributed by atoms with Gasteiger partial charge in [0.05, 0.1) is 17.7 Å². The van der Waals surface area contributed by atoms with Crippen LogP contribution >= 0.6 is 11.3 Å².